The Kier molecular flexibility index (Phi) is 4.52. The zero-order valence-electron chi connectivity index (χ0n) is 12.6. The normalized spacial score (nSPS) is 25.8. The molecule has 0 saturated carbocycles. The van der Waals surface area contributed by atoms with Gasteiger partial charge in [0.15, 0.2) is 0 Å². The lowest BCUT2D eigenvalue weighted by atomic mass is 10.0. The third kappa shape index (κ3) is 2.90. The molecule has 1 aromatic rings. The van der Waals surface area contributed by atoms with Gasteiger partial charge in [-0.25, -0.2) is 8.42 Å². The highest BCUT2D eigenvalue weighted by Gasteiger charge is 2.34. The third-order valence-corrected chi connectivity index (χ3v) is 6.21. The number of benzene rings is 1. The van der Waals surface area contributed by atoms with E-state index < -0.39 is 10.0 Å². The van der Waals surface area contributed by atoms with Crippen LogP contribution in [0.1, 0.15) is 32.4 Å². The highest BCUT2D eigenvalue weighted by molar-refractivity contribution is 7.89. The zero-order chi connectivity index (χ0) is 14.9. The van der Waals surface area contributed by atoms with E-state index in [2.05, 4.69) is 19.2 Å². The van der Waals surface area contributed by atoms with E-state index in [9.17, 15) is 8.42 Å². The Morgan fingerprint density at radius 3 is 2.40 bits per heavy atom. The molecule has 1 aliphatic rings. The maximum atomic E-state index is 12.7. The predicted octanol–water partition coefficient (Wildman–Crippen LogP) is 2.24. The fourth-order valence-electron chi connectivity index (χ4n) is 2.53. The molecule has 1 saturated heterocycles. The summed E-state index contributed by atoms with van der Waals surface area (Å²) in [6.07, 6.45) is 0. The summed E-state index contributed by atoms with van der Waals surface area (Å²) in [6.45, 7) is 7.48. The van der Waals surface area contributed by atoms with E-state index in [0.29, 0.717) is 29.8 Å². The minimum atomic E-state index is -3.36. The van der Waals surface area contributed by atoms with Gasteiger partial charge in [0.1, 0.15) is 0 Å². The van der Waals surface area contributed by atoms with Crippen molar-refractivity contribution >= 4 is 10.0 Å². The molecule has 1 heterocycles. The maximum absolute atomic E-state index is 12.7. The number of sulfonamides is 1. The van der Waals surface area contributed by atoms with Crippen LogP contribution in [-0.4, -0.2) is 32.9 Å². The van der Waals surface area contributed by atoms with Crippen molar-refractivity contribution in [1.82, 2.24) is 9.62 Å². The van der Waals surface area contributed by atoms with Crippen molar-refractivity contribution in [2.45, 2.75) is 31.7 Å². The van der Waals surface area contributed by atoms with Crippen molar-refractivity contribution in [2.24, 2.45) is 11.8 Å². The molecule has 5 heteroatoms. The molecular formula is C15H24N2O2S. The molecule has 112 valence electrons. The minimum absolute atomic E-state index is 0.140. The van der Waals surface area contributed by atoms with Gasteiger partial charge in [-0.2, -0.15) is 4.31 Å². The van der Waals surface area contributed by atoms with Crippen LogP contribution in [0.2, 0.25) is 0 Å². The number of hydrogen-bond donors (Lipinski definition) is 1. The fourth-order valence-corrected chi connectivity index (χ4v) is 4.23. The average Bonchev–Trinajstić information content (AvgIpc) is 2.78. The summed E-state index contributed by atoms with van der Waals surface area (Å²) in [7, 11) is -1.49. The molecule has 0 spiro atoms. The number of rotatable bonds is 4. The fraction of sp³-hybridized carbons (Fsp3) is 0.600. The van der Waals surface area contributed by atoms with Crippen LogP contribution < -0.4 is 5.32 Å². The van der Waals surface area contributed by atoms with E-state index in [0.717, 1.165) is 5.56 Å². The van der Waals surface area contributed by atoms with Gasteiger partial charge >= 0.3 is 0 Å². The molecule has 0 aromatic heterocycles. The second kappa shape index (κ2) is 5.84. The topological polar surface area (TPSA) is 49.4 Å². The Hall–Kier alpha value is -0.910. The number of hydrogen-bond acceptors (Lipinski definition) is 3. The first-order valence-corrected chi connectivity index (χ1v) is 8.57. The van der Waals surface area contributed by atoms with Crippen LogP contribution in [0.15, 0.2) is 29.2 Å². The lowest BCUT2D eigenvalue weighted by Crippen LogP contribution is -2.29. The molecule has 1 fully saturated rings. The van der Waals surface area contributed by atoms with Gasteiger partial charge in [0.05, 0.1) is 4.90 Å². The van der Waals surface area contributed by atoms with E-state index in [4.69, 9.17) is 0 Å². The third-order valence-electron chi connectivity index (χ3n) is 4.38. The van der Waals surface area contributed by atoms with Gasteiger partial charge < -0.3 is 5.32 Å². The van der Waals surface area contributed by atoms with Gasteiger partial charge in [-0.15, -0.1) is 0 Å². The average molecular weight is 296 g/mol. The van der Waals surface area contributed by atoms with Crippen molar-refractivity contribution in [2.75, 3.05) is 20.1 Å². The monoisotopic (exact) mass is 296 g/mol. The van der Waals surface area contributed by atoms with Gasteiger partial charge in [0, 0.05) is 19.1 Å². The van der Waals surface area contributed by atoms with Crippen LogP contribution in [0.25, 0.3) is 0 Å². The largest absolute Gasteiger partial charge is 0.313 e. The van der Waals surface area contributed by atoms with Crippen molar-refractivity contribution in [3.63, 3.8) is 0 Å². The molecule has 20 heavy (non-hydrogen) atoms. The summed E-state index contributed by atoms with van der Waals surface area (Å²) in [6, 6.07) is 7.38. The Morgan fingerprint density at radius 2 is 1.85 bits per heavy atom. The highest BCUT2D eigenvalue weighted by atomic mass is 32.2. The quantitative estimate of drug-likeness (QED) is 0.927. The summed E-state index contributed by atoms with van der Waals surface area (Å²) in [5.41, 5.74) is 0.994. The first-order chi connectivity index (χ1) is 9.36. The highest BCUT2D eigenvalue weighted by Crippen LogP contribution is 2.28. The Labute approximate surface area is 122 Å². The lowest BCUT2D eigenvalue weighted by Gasteiger charge is -2.18. The molecule has 1 aliphatic heterocycles. The van der Waals surface area contributed by atoms with Crippen LogP contribution >= 0.6 is 0 Å². The molecule has 2 rings (SSSR count). The summed E-state index contributed by atoms with van der Waals surface area (Å²) < 4.78 is 27.0. The Balaban J connectivity index is 2.31. The molecule has 0 radical (unpaired) electrons. The van der Waals surface area contributed by atoms with Gasteiger partial charge in [-0.05, 0) is 43.5 Å². The van der Waals surface area contributed by atoms with E-state index in [1.54, 1.807) is 16.4 Å². The first-order valence-electron chi connectivity index (χ1n) is 7.13. The SMILES string of the molecule is CNC(C)c1cccc(S(=O)(=O)N2CC(C)C(C)C2)c1. The molecule has 3 atom stereocenters. The molecule has 0 bridgehead atoms. The molecule has 1 aromatic carbocycles. The number of nitrogens with one attached hydrogen (secondary N) is 1. The van der Waals surface area contributed by atoms with Crippen molar-refractivity contribution in [3.8, 4) is 0 Å². The smallest absolute Gasteiger partial charge is 0.243 e. The van der Waals surface area contributed by atoms with Crippen LogP contribution in [-0.2, 0) is 10.0 Å². The van der Waals surface area contributed by atoms with Crippen molar-refractivity contribution < 1.29 is 8.42 Å². The maximum Gasteiger partial charge on any atom is 0.243 e. The molecule has 4 nitrogen and oxygen atoms in total. The van der Waals surface area contributed by atoms with Crippen LogP contribution in [0.5, 0.6) is 0 Å². The van der Waals surface area contributed by atoms with Gasteiger partial charge in [-0.1, -0.05) is 26.0 Å². The summed E-state index contributed by atoms with van der Waals surface area (Å²) in [5, 5.41) is 3.14. The molecule has 1 N–H and O–H groups in total. The van der Waals surface area contributed by atoms with Gasteiger partial charge in [-0.3, -0.25) is 0 Å². The zero-order valence-corrected chi connectivity index (χ0v) is 13.4. The molecule has 3 unspecified atom stereocenters. The van der Waals surface area contributed by atoms with E-state index in [1.165, 1.54) is 0 Å². The van der Waals surface area contributed by atoms with E-state index in [-0.39, 0.29) is 6.04 Å². The molecule has 0 aliphatic carbocycles. The summed E-state index contributed by atoms with van der Waals surface area (Å²) >= 11 is 0. The lowest BCUT2D eigenvalue weighted by molar-refractivity contribution is 0.463. The predicted molar refractivity (Wildman–Crippen MR) is 81.0 cm³/mol. The summed E-state index contributed by atoms with van der Waals surface area (Å²) in [5.74, 6) is 0.841. The second-order valence-electron chi connectivity index (χ2n) is 5.86. The van der Waals surface area contributed by atoms with Gasteiger partial charge in [0.25, 0.3) is 0 Å². The van der Waals surface area contributed by atoms with Crippen molar-refractivity contribution in [3.05, 3.63) is 29.8 Å². The van der Waals surface area contributed by atoms with Crippen LogP contribution in [0, 0.1) is 11.8 Å². The second-order valence-corrected chi connectivity index (χ2v) is 7.80. The van der Waals surface area contributed by atoms with Crippen LogP contribution in [0.3, 0.4) is 0 Å². The van der Waals surface area contributed by atoms with E-state index >= 15 is 0 Å². The first kappa shape index (κ1) is 15.5. The van der Waals surface area contributed by atoms with Crippen molar-refractivity contribution in [1.29, 1.82) is 0 Å². The Bertz CT molecular complexity index is 561. The Morgan fingerprint density at radius 1 is 1.25 bits per heavy atom. The molecule has 0 amide bonds. The standard InChI is InChI=1S/C15H24N2O2S/c1-11-9-17(10-12(11)2)20(18,19)15-7-5-6-14(8-15)13(3)16-4/h5-8,11-13,16H,9-10H2,1-4H3. The summed E-state index contributed by atoms with van der Waals surface area (Å²) in [4.78, 5) is 0.401. The molecular weight excluding hydrogens is 272 g/mol. The minimum Gasteiger partial charge on any atom is -0.313 e. The number of nitrogens with zero attached hydrogens (tertiary/aromatic N) is 1. The van der Waals surface area contributed by atoms with Crippen LogP contribution in [0.4, 0.5) is 0 Å². The van der Waals surface area contributed by atoms with E-state index in [1.807, 2.05) is 26.1 Å². The van der Waals surface area contributed by atoms with Gasteiger partial charge in [0.2, 0.25) is 10.0 Å².